The highest BCUT2D eigenvalue weighted by atomic mass is 32.1. The highest BCUT2D eigenvalue weighted by molar-refractivity contribution is 7.11. The number of amides is 1. The van der Waals surface area contributed by atoms with Gasteiger partial charge in [-0.2, -0.15) is 0 Å². The minimum Gasteiger partial charge on any atom is -0.443 e. The number of thiazole rings is 1. The first-order chi connectivity index (χ1) is 14.0. The van der Waals surface area contributed by atoms with Gasteiger partial charge in [0.1, 0.15) is 17.6 Å². The lowest BCUT2D eigenvalue weighted by Gasteiger charge is -2.33. The molecule has 0 saturated carbocycles. The summed E-state index contributed by atoms with van der Waals surface area (Å²) < 4.78 is 19.1. The third-order valence-electron chi connectivity index (χ3n) is 5.28. The molecule has 1 saturated heterocycles. The maximum absolute atomic E-state index is 13.1. The van der Waals surface area contributed by atoms with E-state index in [0.29, 0.717) is 18.7 Å². The molecule has 1 amide bonds. The molecule has 2 aromatic heterocycles. The van der Waals surface area contributed by atoms with Crippen LogP contribution in [0.4, 0.5) is 4.39 Å². The van der Waals surface area contributed by atoms with Crippen LogP contribution in [0.5, 0.6) is 0 Å². The lowest BCUT2D eigenvalue weighted by atomic mass is 10.0. The molecule has 1 aromatic carbocycles. The van der Waals surface area contributed by atoms with Gasteiger partial charge in [0.15, 0.2) is 0 Å². The summed E-state index contributed by atoms with van der Waals surface area (Å²) in [6.07, 6.45) is 5.52. The maximum atomic E-state index is 13.1. The van der Waals surface area contributed by atoms with Crippen molar-refractivity contribution in [3.8, 4) is 0 Å². The summed E-state index contributed by atoms with van der Waals surface area (Å²) in [6, 6.07) is 6.24. The third-order valence-corrected chi connectivity index (χ3v) is 6.36. The molecule has 1 atom stereocenters. The summed E-state index contributed by atoms with van der Waals surface area (Å²) in [6.45, 7) is 4.64. The Morgan fingerprint density at radius 1 is 1.28 bits per heavy atom. The molecule has 4 rings (SSSR count). The molecule has 0 N–H and O–H groups in total. The number of rotatable bonds is 5. The average Bonchev–Trinajstić information content (AvgIpc) is 3.29. The van der Waals surface area contributed by atoms with Crippen LogP contribution in [0.25, 0.3) is 0 Å². The molecule has 0 aliphatic carbocycles. The number of aryl methyl sites for hydroxylation is 2. The van der Waals surface area contributed by atoms with Crippen molar-refractivity contribution in [3.63, 3.8) is 0 Å². The van der Waals surface area contributed by atoms with Crippen molar-refractivity contribution in [1.29, 1.82) is 0 Å². The van der Waals surface area contributed by atoms with Gasteiger partial charge >= 0.3 is 0 Å². The smallest absolute Gasteiger partial charge is 0.228 e. The Balaban J connectivity index is 1.48. The number of carbonyl (C=O) groups is 1. The largest absolute Gasteiger partial charge is 0.443 e. The molecule has 29 heavy (non-hydrogen) atoms. The van der Waals surface area contributed by atoms with Gasteiger partial charge in [-0.1, -0.05) is 12.1 Å². The Morgan fingerprint density at radius 2 is 2.07 bits per heavy atom. The first kappa shape index (κ1) is 19.8. The zero-order valence-corrected chi connectivity index (χ0v) is 17.5. The minimum absolute atomic E-state index is 0.0970. The lowest BCUT2D eigenvalue weighted by molar-refractivity contribution is -0.134. The molecular formula is C22H24FN3O2S. The van der Waals surface area contributed by atoms with Gasteiger partial charge < -0.3 is 9.32 Å². The van der Waals surface area contributed by atoms with Crippen LogP contribution in [0.3, 0.4) is 0 Å². The molecule has 0 radical (unpaired) electrons. The first-order valence-electron chi connectivity index (χ1n) is 9.91. The fourth-order valence-corrected chi connectivity index (χ4v) is 4.75. The summed E-state index contributed by atoms with van der Waals surface area (Å²) in [5, 5.41) is 0.985. The number of oxazole rings is 1. The van der Waals surface area contributed by atoms with Gasteiger partial charge in [-0.25, -0.2) is 14.4 Å². The van der Waals surface area contributed by atoms with Gasteiger partial charge in [0.25, 0.3) is 0 Å². The van der Waals surface area contributed by atoms with Gasteiger partial charge in [-0.15, -0.1) is 11.3 Å². The second-order valence-corrected chi connectivity index (χ2v) is 8.77. The number of hydrogen-bond donors (Lipinski definition) is 0. The average molecular weight is 414 g/mol. The molecule has 3 aromatic rings. The highest BCUT2D eigenvalue weighted by Gasteiger charge is 2.31. The van der Waals surface area contributed by atoms with E-state index < -0.39 is 0 Å². The number of aromatic nitrogens is 2. The molecule has 5 nitrogen and oxygen atoms in total. The topological polar surface area (TPSA) is 59.2 Å². The Labute approximate surface area is 173 Å². The van der Waals surface area contributed by atoms with Crippen LogP contribution in [0.2, 0.25) is 0 Å². The monoisotopic (exact) mass is 413 g/mol. The second kappa shape index (κ2) is 8.45. The predicted molar refractivity (Wildman–Crippen MR) is 109 cm³/mol. The van der Waals surface area contributed by atoms with Crippen molar-refractivity contribution in [2.24, 2.45) is 0 Å². The molecule has 0 spiro atoms. The second-order valence-electron chi connectivity index (χ2n) is 7.49. The molecule has 3 heterocycles. The third kappa shape index (κ3) is 4.56. The quantitative estimate of drug-likeness (QED) is 0.604. The van der Waals surface area contributed by atoms with Crippen LogP contribution in [-0.4, -0.2) is 27.3 Å². The normalized spacial score (nSPS) is 16.9. The predicted octanol–water partition coefficient (Wildman–Crippen LogP) is 4.77. The van der Waals surface area contributed by atoms with E-state index in [0.717, 1.165) is 52.7 Å². The fourth-order valence-electron chi connectivity index (χ4n) is 3.83. The van der Waals surface area contributed by atoms with Crippen LogP contribution < -0.4 is 0 Å². The molecule has 1 aliphatic heterocycles. The van der Waals surface area contributed by atoms with E-state index in [1.807, 2.05) is 18.7 Å². The summed E-state index contributed by atoms with van der Waals surface area (Å²) in [4.78, 5) is 24.9. The van der Waals surface area contributed by atoms with Crippen molar-refractivity contribution in [1.82, 2.24) is 14.9 Å². The van der Waals surface area contributed by atoms with E-state index in [-0.39, 0.29) is 17.8 Å². The summed E-state index contributed by atoms with van der Waals surface area (Å²) >= 11 is 1.59. The van der Waals surface area contributed by atoms with E-state index in [4.69, 9.17) is 4.42 Å². The van der Waals surface area contributed by atoms with E-state index >= 15 is 0 Å². The number of piperidine rings is 1. The van der Waals surface area contributed by atoms with Crippen molar-refractivity contribution in [2.75, 3.05) is 6.54 Å². The van der Waals surface area contributed by atoms with Crippen LogP contribution in [-0.2, 0) is 17.6 Å². The van der Waals surface area contributed by atoms with Crippen LogP contribution in [0.15, 0.2) is 34.9 Å². The summed E-state index contributed by atoms with van der Waals surface area (Å²) in [5.74, 6) is 1.15. The Hall–Kier alpha value is -2.54. The van der Waals surface area contributed by atoms with Gasteiger partial charge in [0.2, 0.25) is 11.8 Å². The van der Waals surface area contributed by atoms with Crippen molar-refractivity contribution >= 4 is 17.2 Å². The van der Waals surface area contributed by atoms with Gasteiger partial charge in [-0.05, 0) is 50.8 Å². The number of hydrogen-bond acceptors (Lipinski definition) is 5. The van der Waals surface area contributed by atoms with E-state index in [9.17, 15) is 9.18 Å². The van der Waals surface area contributed by atoms with E-state index in [1.54, 1.807) is 29.7 Å². The van der Waals surface area contributed by atoms with Crippen molar-refractivity contribution in [2.45, 2.75) is 52.0 Å². The summed E-state index contributed by atoms with van der Waals surface area (Å²) in [5.41, 5.74) is 1.90. The Kier molecular flexibility index (Phi) is 5.76. The van der Waals surface area contributed by atoms with Crippen molar-refractivity contribution in [3.05, 3.63) is 69.1 Å². The standard InChI is InChI=1S/C22H24FN3O2S/c1-14-20(29-15(2)25-14)12-21(27)26-10-4-3-5-19(26)22-24-13-18(28-22)11-16-6-8-17(23)9-7-16/h6-9,13,19H,3-5,10-12H2,1-2H3/t19-/m1/s1. The number of nitrogens with zero attached hydrogens (tertiary/aromatic N) is 3. The summed E-state index contributed by atoms with van der Waals surface area (Å²) in [7, 11) is 0. The molecule has 0 unspecified atom stereocenters. The van der Waals surface area contributed by atoms with Crippen LogP contribution in [0, 0.1) is 19.7 Å². The lowest BCUT2D eigenvalue weighted by Crippen LogP contribution is -2.39. The molecule has 152 valence electrons. The Morgan fingerprint density at radius 3 is 2.79 bits per heavy atom. The van der Waals surface area contributed by atoms with Crippen LogP contribution >= 0.6 is 11.3 Å². The van der Waals surface area contributed by atoms with Gasteiger partial charge in [0.05, 0.1) is 23.3 Å². The number of benzene rings is 1. The van der Waals surface area contributed by atoms with E-state index in [2.05, 4.69) is 9.97 Å². The van der Waals surface area contributed by atoms with Crippen molar-refractivity contribution < 1.29 is 13.6 Å². The fraction of sp³-hybridized carbons (Fsp3) is 0.409. The first-order valence-corrected chi connectivity index (χ1v) is 10.7. The van der Waals surface area contributed by atoms with Gasteiger partial charge in [-0.3, -0.25) is 4.79 Å². The zero-order valence-electron chi connectivity index (χ0n) is 16.7. The number of carbonyl (C=O) groups excluding carboxylic acids is 1. The molecule has 7 heteroatoms. The zero-order chi connectivity index (χ0) is 20.4. The Bertz CT molecular complexity index is 996. The minimum atomic E-state index is -0.255. The molecule has 1 fully saturated rings. The highest BCUT2D eigenvalue weighted by Crippen LogP contribution is 2.32. The number of likely N-dealkylation sites (tertiary alicyclic amines) is 1. The van der Waals surface area contributed by atoms with E-state index in [1.165, 1.54) is 12.1 Å². The van der Waals surface area contributed by atoms with Crippen LogP contribution in [0.1, 0.15) is 58.1 Å². The molecular weight excluding hydrogens is 389 g/mol. The SMILES string of the molecule is Cc1nc(C)c(CC(=O)N2CCCC[C@@H]2c2ncc(Cc3ccc(F)cc3)o2)s1. The molecule has 0 bridgehead atoms. The maximum Gasteiger partial charge on any atom is 0.228 e. The number of halogens is 1. The molecule has 1 aliphatic rings. The van der Waals surface area contributed by atoms with Gasteiger partial charge in [0, 0.05) is 17.8 Å².